The maximum Gasteiger partial charge on any atom is 0.183 e. The van der Waals surface area contributed by atoms with Crippen LogP contribution in [0.15, 0.2) is 53.0 Å². The average Bonchev–Trinajstić information content (AvgIpc) is 2.92. The topological polar surface area (TPSA) is 52.1 Å². The molecule has 0 aliphatic carbocycles. The number of hydrogen-bond acceptors (Lipinski definition) is 5. The Kier molecular flexibility index (Phi) is 4.03. The molecule has 0 N–H and O–H groups in total. The summed E-state index contributed by atoms with van der Waals surface area (Å²) in [5.41, 5.74) is 0.657. The van der Waals surface area contributed by atoms with Crippen molar-refractivity contribution in [1.29, 1.82) is 0 Å². The van der Waals surface area contributed by atoms with E-state index in [4.69, 9.17) is 4.74 Å². The fourth-order valence-electron chi connectivity index (χ4n) is 1.69. The van der Waals surface area contributed by atoms with E-state index in [-0.39, 0.29) is 0 Å². The molecule has 0 spiro atoms. The molecule has 0 saturated heterocycles. The summed E-state index contributed by atoms with van der Waals surface area (Å²) in [6.07, 6.45) is 1.69. The van der Waals surface area contributed by atoms with Gasteiger partial charge in [0.15, 0.2) is 9.99 Å². The third kappa shape index (κ3) is 3.02. The molecule has 4 nitrogen and oxygen atoms in total. The van der Waals surface area contributed by atoms with E-state index >= 15 is 0 Å². The minimum atomic E-state index is -1.15. The molecule has 20 heavy (non-hydrogen) atoms. The van der Waals surface area contributed by atoms with Crippen LogP contribution in [0.4, 0.5) is 0 Å². The van der Waals surface area contributed by atoms with Gasteiger partial charge in [0.25, 0.3) is 0 Å². The zero-order chi connectivity index (χ0) is 13.8. The second-order valence-electron chi connectivity index (χ2n) is 4.02. The minimum absolute atomic E-state index is 0.403. The fraction of sp³-hybridized carbons (Fsp3) is 0.143. The van der Waals surface area contributed by atoms with Crippen molar-refractivity contribution >= 4 is 32.5 Å². The van der Waals surface area contributed by atoms with Crippen LogP contribution in [0.3, 0.4) is 0 Å². The fourth-order valence-corrected chi connectivity index (χ4v) is 3.83. The van der Waals surface area contributed by atoms with Crippen LogP contribution < -0.4 is 4.74 Å². The highest BCUT2D eigenvalue weighted by Crippen LogP contribution is 2.22. The van der Waals surface area contributed by atoms with Crippen LogP contribution in [-0.2, 0) is 10.8 Å². The lowest BCUT2D eigenvalue weighted by Gasteiger charge is -2.04. The molecule has 1 atom stereocenters. The Bertz CT molecular complexity index is 695. The second-order valence-corrected chi connectivity index (χ2v) is 6.79. The zero-order valence-electron chi connectivity index (χ0n) is 10.6. The molecule has 2 heterocycles. The van der Waals surface area contributed by atoms with Crippen molar-refractivity contribution in [3.05, 3.63) is 48.7 Å². The van der Waals surface area contributed by atoms with Gasteiger partial charge in [0.1, 0.15) is 12.4 Å². The van der Waals surface area contributed by atoms with Gasteiger partial charge < -0.3 is 4.74 Å². The van der Waals surface area contributed by atoms with Crippen LogP contribution in [0, 0.1) is 0 Å². The number of aromatic nitrogens is 2. The highest BCUT2D eigenvalue weighted by Gasteiger charge is 2.11. The van der Waals surface area contributed by atoms with Gasteiger partial charge in [-0.15, -0.1) is 11.3 Å². The molecule has 3 rings (SSSR count). The number of hydrogen-bond donors (Lipinski definition) is 0. The van der Waals surface area contributed by atoms with Gasteiger partial charge in [-0.3, -0.25) is 4.21 Å². The molecule has 102 valence electrons. The molecule has 0 amide bonds. The number of ether oxygens (including phenoxy) is 1. The van der Waals surface area contributed by atoms with Crippen molar-refractivity contribution in [3.8, 4) is 5.75 Å². The Hall–Kier alpha value is -1.79. The maximum atomic E-state index is 12.2. The van der Waals surface area contributed by atoms with Crippen molar-refractivity contribution in [2.24, 2.45) is 0 Å². The van der Waals surface area contributed by atoms with Crippen LogP contribution in [0.1, 0.15) is 0 Å². The summed E-state index contributed by atoms with van der Waals surface area (Å²) in [5.74, 6) is 1.21. The lowest BCUT2D eigenvalue weighted by Crippen LogP contribution is -2.08. The Morgan fingerprint density at radius 2 is 2.00 bits per heavy atom. The highest BCUT2D eigenvalue weighted by atomic mass is 32.2. The Morgan fingerprint density at radius 3 is 2.80 bits per heavy atom. The van der Waals surface area contributed by atoms with Crippen molar-refractivity contribution in [2.75, 3.05) is 12.4 Å². The number of fused-ring (bicyclic) bond motifs is 1. The summed E-state index contributed by atoms with van der Waals surface area (Å²) in [4.78, 5) is 8.44. The Labute approximate surface area is 122 Å². The first-order valence-electron chi connectivity index (χ1n) is 6.11. The summed E-state index contributed by atoms with van der Waals surface area (Å²) in [5, 5.41) is 0. The number of pyridine rings is 1. The van der Waals surface area contributed by atoms with Crippen molar-refractivity contribution in [1.82, 2.24) is 9.97 Å². The standard InChI is InChI=1S/C14H12N2O2S2/c17-20(10-9-18-11-5-2-1-3-6-11)14-16-13-12(19-14)7-4-8-15-13/h1-8H,9-10H2/t20-/m1/s1. The second kappa shape index (κ2) is 6.11. The van der Waals surface area contributed by atoms with E-state index in [1.54, 1.807) is 6.20 Å². The SMILES string of the molecule is O=[S@](CCOc1ccccc1)c1nc2ncccc2s1. The van der Waals surface area contributed by atoms with Crippen LogP contribution in [-0.4, -0.2) is 26.5 Å². The van der Waals surface area contributed by atoms with Crippen LogP contribution in [0.25, 0.3) is 10.3 Å². The van der Waals surface area contributed by atoms with Crippen LogP contribution >= 0.6 is 11.3 Å². The summed E-state index contributed by atoms with van der Waals surface area (Å²) < 4.78 is 19.3. The first-order valence-corrected chi connectivity index (χ1v) is 8.24. The molecule has 0 bridgehead atoms. The molecule has 0 fully saturated rings. The largest absolute Gasteiger partial charge is 0.493 e. The Balaban J connectivity index is 1.61. The van der Waals surface area contributed by atoms with Crippen molar-refractivity contribution < 1.29 is 8.95 Å². The summed E-state index contributed by atoms with van der Waals surface area (Å²) >= 11 is 1.42. The quantitative estimate of drug-likeness (QED) is 0.727. The van der Waals surface area contributed by atoms with Gasteiger partial charge in [0.2, 0.25) is 0 Å². The minimum Gasteiger partial charge on any atom is -0.493 e. The normalized spacial score (nSPS) is 12.4. The molecule has 1 aromatic carbocycles. The number of para-hydroxylation sites is 1. The first-order chi connectivity index (χ1) is 9.83. The summed E-state index contributed by atoms with van der Waals surface area (Å²) in [6, 6.07) is 13.3. The van der Waals surface area contributed by atoms with Gasteiger partial charge in [-0.1, -0.05) is 18.2 Å². The summed E-state index contributed by atoms with van der Waals surface area (Å²) in [6.45, 7) is 0.403. The Morgan fingerprint density at radius 1 is 1.15 bits per heavy atom. The third-order valence-electron chi connectivity index (χ3n) is 2.62. The molecule has 0 aliphatic rings. The predicted octanol–water partition coefficient (Wildman–Crippen LogP) is 2.88. The van der Waals surface area contributed by atoms with E-state index in [0.29, 0.717) is 22.3 Å². The lowest BCUT2D eigenvalue weighted by atomic mass is 10.3. The van der Waals surface area contributed by atoms with E-state index in [0.717, 1.165) is 10.4 Å². The van der Waals surface area contributed by atoms with Gasteiger partial charge in [-0.2, -0.15) is 0 Å². The van der Waals surface area contributed by atoms with E-state index in [1.165, 1.54) is 11.3 Å². The van der Waals surface area contributed by atoms with E-state index in [2.05, 4.69) is 9.97 Å². The van der Waals surface area contributed by atoms with Gasteiger partial charge >= 0.3 is 0 Å². The van der Waals surface area contributed by atoms with E-state index in [1.807, 2.05) is 42.5 Å². The average molecular weight is 304 g/mol. The molecule has 3 aromatic rings. The van der Waals surface area contributed by atoms with Crippen LogP contribution in [0.2, 0.25) is 0 Å². The van der Waals surface area contributed by atoms with E-state index < -0.39 is 10.8 Å². The monoisotopic (exact) mass is 304 g/mol. The third-order valence-corrected chi connectivity index (χ3v) is 5.25. The van der Waals surface area contributed by atoms with Crippen molar-refractivity contribution in [3.63, 3.8) is 0 Å². The number of nitrogens with zero attached hydrogens (tertiary/aromatic N) is 2. The number of benzene rings is 1. The molecular weight excluding hydrogens is 292 g/mol. The van der Waals surface area contributed by atoms with Crippen molar-refractivity contribution in [2.45, 2.75) is 4.34 Å². The molecule has 0 radical (unpaired) electrons. The summed E-state index contributed by atoms with van der Waals surface area (Å²) in [7, 11) is -1.15. The first kappa shape index (κ1) is 13.2. The predicted molar refractivity (Wildman–Crippen MR) is 80.6 cm³/mol. The highest BCUT2D eigenvalue weighted by molar-refractivity contribution is 7.87. The van der Waals surface area contributed by atoms with Crippen LogP contribution in [0.5, 0.6) is 5.75 Å². The molecule has 0 aliphatic heterocycles. The van der Waals surface area contributed by atoms with E-state index in [9.17, 15) is 4.21 Å². The number of thiazole rings is 1. The molecule has 2 aromatic heterocycles. The zero-order valence-corrected chi connectivity index (χ0v) is 12.2. The smallest absolute Gasteiger partial charge is 0.183 e. The molecule has 0 unspecified atom stereocenters. The number of rotatable bonds is 5. The van der Waals surface area contributed by atoms with Gasteiger partial charge in [-0.25, -0.2) is 9.97 Å². The molecule has 0 saturated carbocycles. The van der Waals surface area contributed by atoms with Gasteiger partial charge in [0.05, 0.1) is 21.3 Å². The van der Waals surface area contributed by atoms with Gasteiger partial charge in [-0.05, 0) is 24.3 Å². The maximum absolute atomic E-state index is 12.2. The van der Waals surface area contributed by atoms with Gasteiger partial charge in [0, 0.05) is 6.20 Å². The lowest BCUT2D eigenvalue weighted by molar-refractivity contribution is 0.342. The molecule has 6 heteroatoms. The molecular formula is C14H12N2O2S2.